The number of sulfone groups is 1. The topological polar surface area (TPSA) is 83.9 Å². The van der Waals surface area contributed by atoms with Gasteiger partial charge in [-0.05, 0) is 33.6 Å². The molecule has 0 saturated carbocycles. The van der Waals surface area contributed by atoms with Crippen LogP contribution in [0.4, 0.5) is 4.79 Å². The normalized spacial score (nSPS) is 21.7. The van der Waals surface area contributed by atoms with Crippen LogP contribution < -0.4 is 0 Å². The van der Waals surface area contributed by atoms with Crippen molar-refractivity contribution in [2.24, 2.45) is 0 Å². The molecule has 0 spiro atoms. The molecule has 1 saturated heterocycles. The fraction of sp³-hybridized carbons (Fsp3) is 0.917. The van der Waals surface area contributed by atoms with Crippen molar-refractivity contribution < 1.29 is 23.1 Å². The number of hydrogen-bond donors (Lipinski definition) is 1. The third-order valence-electron chi connectivity index (χ3n) is 2.99. The first kappa shape index (κ1) is 16.2. The molecule has 1 heterocycles. The quantitative estimate of drug-likeness (QED) is 0.814. The largest absolute Gasteiger partial charge is 0.444 e. The zero-order valence-corrected chi connectivity index (χ0v) is 12.8. The number of carbonyl (C=O) groups excluding carboxylic acids is 1. The molecule has 1 fully saturated rings. The van der Waals surface area contributed by atoms with Gasteiger partial charge in [0.15, 0.2) is 9.84 Å². The minimum Gasteiger partial charge on any atom is -0.444 e. The first-order valence-corrected chi connectivity index (χ1v) is 8.12. The van der Waals surface area contributed by atoms with Crippen molar-refractivity contribution in [3.63, 3.8) is 0 Å². The molecular formula is C12H23NO5S. The highest BCUT2D eigenvalue weighted by molar-refractivity contribution is 7.91. The number of ether oxygens (including phenoxy) is 1. The Morgan fingerprint density at radius 3 is 2.21 bits per heavy atom. The number of aliphatic hydroxyl groups is 1. The van der Waals surface area contributed by atoms with Crippen LogP contribution in [0.1, 0.15) is 33.6 Å². The van der Waals surface area contributed by atoms with Gasteiger partial charge in [0.1, 0.15) is 5.60 Å². The van der Waals surface area contributed by atoms with Gasteiger partial charge in [-0.1, -0.05) is 0 Å². The van der Waals surface area contributed by atoms with Gasteiger partial charge >= 0.3 is 6.09 Å². The van der Waals surface area contributed by atoms with Gasteiger partial charge < -0.3 is 14.7 Å². The summed E-state index contributed by atoms with van der Waals surface area (Å²) in [5.74, 6) is -0.0721. The lowest BCUT2D eigenvalue weighted by Crippen LogP contribution is -2.49. The molecule has 1 aliphatic heterocycles. The van der Waals surface area contributed by atoms with E-state index < -0.39 is 27.1 Å². The molecule has 0 unspecified atom stereocenters. The summed E-state index contributed by atoms with van der Waals surface area (Å²) in [7, 11) is -1.50. The Kier molecular flexibility index (Phi) is 4.51. The Labute approximate surface area is 114 Å². The van der Waals surface area contributed by atoms with Crippen LogP contribution in [-0.2, 0) is 14.6 Å². The Bertz CT molecular complexity index is 424. The minimum absolute atomic E-state index is 0.0361. The summed E-state index contributed by atoms with van der Waals surface area (Å²) in [5, 5.41) is 10.3. The van der Waals surface area contributed by atoms with Crippen LogP contribution >= 0.6 is 0 Å². The van der Waals surface area contributed by atoms with Crippen LogP contribution in [0.15, 0.2) is 0 Å². The Hall–Kier alpha value is -0.820. The molecule has 0 aliphatic carbocycles. The van der Waals surface area contributed by atoms with Crippen molar-refractivity contribution in [2.75, 3.05) is 25.1 Å². The number of rotatable bonds is 2. The molecule has 1 aliphatic rings. The maximum Gasteiger partial charge on any atom is 0.410 e. The lowest BCUT2D eigenvalue weighted by atomic mass is 9.96. The van der Waals surface area contributed by atoms with E-state index in [9.17, 15) is 18.3 Å². The van der Waals surface area contributed by atoms with Gasteiger partial charge in [-0.3, -0.25) is 0 Å². The highest BCUT2D eigenvalue weighted by Crippen LogP contribution is 2.25. The predicted octanol–water partition coefficient (Wildman–Crippen LogP) is 0.793. The second kappa shape index (κ2) is 5.28. The summed E-state index contributed by atoms with van der Waals surface area (Å²) in [6.07, 6.45) is -0.209. The number of nitrogens with zero attached hydrogens (tertiary/aromatic N) is 1. The molecule has 0 aromatic carbocycles. The summed E-state index contributed by atoms with van der Waals surface area (Å²) in [6, 6.07) is 0. The molecule has 112 valence electrons. The molecule has 1 amide bonds. The van der Waals surface area contributed by atoms with Crippen LogP contribution in [0, 0.1) is 0 Å². The number of amides is 1. The molecular weight excluding hydrogens is 270 g/mol. The van der Waals surface area contributed by atoms with Gasteiger partial charge in [0.25, 0.3) is 0 Å². The van der Waals surface area contributed by atoms with Crippen LogP contribution in [0.2, 0.25) is 0 Å². The number of carbonyl (C=O) groups is 1. The molecule has 0 bridgehead atoms. The average molecular weight is 293 g/mol. The van der Waals surface area contributed by atoms with E-state index in [0.29, 0.717) is 0 Å². The SMILES string of the molecule is CN(CC1(O)CCS(=O)(=O)CC1)C(=O)OC(C)(C)C. The van der Waals surface area contributed by atoms with Crippen molar-refractivity contribution in [1.29, 1.82) is 0 Å². The van der Waals surface area contributed by atoms with Gasteiger partial charge in [-0.25, -0.2) is 13.2 Å². The van der Waals surface area contributed by atoms with Crippen LogP contribution in [0.5, 0.6) is 0 Å². The molecule has 0 atom stereocenters. The Balaban J connectivity index is 2.57. The third kappa shape index (κ3) is 5.36. The van der Waals surface area contributed by atoms with Gasteiger partial charge in [-0.15, -0.1) is 0 Å². The Morgan fingerprint density at radius 1 is 1.32 bits per heavy atom. The molecule has 0 aromatic rings. The van der Waals surface area contributed by atoms with Crippen LogP contribution in [0.25, 0.3) is 0 Å². The first-order chi connectivity index (χ1) is 8.43. The monoisotopic (exact) mass is 293 g/mol. The zero-order chi connectivity index (χ0) is 14.9. The summed E-state index contributed by atoms with van der Waals surface area (Å²) in [6.45, 7) is 5.37. The summed E-state index contributed by atoms with van der Waals surface area (Å²) in [5.41, 5.74) is -1.74. The van der Waals surface area contributed by atoms with Crippen molar-refractivity contribution in [3.8, 4) is 0 Å². The van der Waals surface area contributed by atoms with E-state index >= 15 is 0 Å². The van der Waals surface area contributed by atoms with Crippen LogP contribution in [0.3, 0.4) is 0 Å². The van der Waals surface area contributed by atoms with E-state index in [2.05, 4.69) is 0 Å². The minimum atomic E-state index is -3.03. The average Bonchev–Trinajstić information content (AvgIpc) is 2.21. The highest BCUT2D eigenvalue weighted by Gasteiger charge is 2.37. The third-order valence-corrected chi connectivity index (χ3v) is 4.65. The molecule has 0 aromatic heterocycles. The number of hydrogen-bond acceptors (Lipinski definition) is 5. The molecule has 1 N–H and O–H groups in total. The smallest absolute Gasteiger partial charge is 0.410 e. The van der Waals surface area contributed by atoms with Gasteiger partial charge in [0, 0.05) is 7.05 Å². The van der Waals surface area contributed by atoms with Gasteiger partial charge in [-0.2, -0.15) is 0 Å². The molecule has 0 radical (unpaired) electrons. The highest BCUT2D eigenvalue weighted by atomic mass is 32.2. The van der Waals surface area contributed by atoms with Crippen molar-refractivity contribution in [2.45, 2.75) is 44.8 Å². The Morgan fingerprint density at radius 2 is 1.79 bits per heavy atom. The summed E-state index contributed by atoms with van der Waals surface area (Å²) >= 11 is 0. The summed E-state index contributed by atoms with van der Waals surface area (Å²) in [4.78, 5) is 13.1. The fourth-order valence-electron chi connectivity index (χ4n) is 1.92. The fourth-order valence-corrected chi connectivity index (χ4v) is 3.51. The van der Waals surface area contributed by atoms with Crippen molar-refractivity contribution in [1.82, 2.24) is 4.90 Å². The van der Waals surface area contributed by atoms with Gasteiger partial charge in [0.05, 0.1) is 23.7 Å². The molecule has 6 nitrogen and oxygen atoms in total. The summed E-state index contributed by atoms with van der Waals surface area (Å²) < 4.78 is 27.8. The van der Waals surface area contributed by atoms with Crippen molar-refractivity contribution in [3.05, 3.63) is 0 Å². The second-order valence-corrected chi connectivity index (χ2v) is 8.52. The maximum absolute atomic E-state index is 11.8. The molecule has 19 heavy (non-hydrogen) atoms. The van der Waals surface area contributed by atoms with E-state index in [1.165, 1.54) is 11.9 Å². The van der Waals surface area contributed by atoms with Crippen LogP contribution in [-0.4, -0.2) is 60.8 Å². The van der Waals surface area contributed by atoms with Gasteiger partial charge in [0.2, 0.25) is 0 Å². The van der Waals surface area contributed by atoms with E-state index in [0.717, 1.165) is 0 Å². The van der Waals surface area contributed by atoms with E-state index in [1.807, 2.05) is 0 Å². The lowest BCUT2D eigenvalue weighted by molar-refractivity contribution is -0.0165. The zero-order valence-electron chi connectivity index (χ0n) is 12.0. The van der Waals surface area contributed by atoms with Crippen molar-refractivity contribution >= 4 is 15.9 Å². The lowest BCUT2D eigenvalue weighted by Gasteiger charge is -2.35. The van der Waals surface area contributed by atoms with E-state index in [1.54, 1.807) is 20.8 Å². The predicted molar refractivity (Wildman–Crippen MR) is 71.7 cm³/mol. The number of likely N-dealkylation sites (N-methyl/N-ethyl adjacent to an activating group) is 1. The second-order valence-electron chi connectivity index (χ2n) is 6.21. The standard InChI is InChI=1S/C12H23NO5S/c1-11(2,3)18-10(14)13(4)9-12(15)5-7-19(16,17)8-6-12/h15H,5-9H2,1-4H3. The first-order valence-electron chi connectivity index (χ1n) is 6.29. The maximum atomic E-state index is 11.8. The van der Waals surface area contributed by atoms with E-state index in [-0.39, 0.29) is 30.9 Å². The van der Waals surface area contributed by atoms with E-state index in [4.69, 9.17) is 4.74 Å². The molecule has 7 heteroatoms. The molecule has 1 rings (SSSR count).